The third-order valence-corrected chi connectivity index (χ3v) is 5.30. The van der Waals surface area contributed by atoms with Gasteiger partial charge in [0.2, 0.25) is 5.76 Å². The summed E-state index contributed by atoms with van der Waals surface area (Å²) in [6.45, 7) is 0. The van der Waals surface area contributed by atoms with Gasteiger partial charge in [-0.3, -0.25) is 14.5 Å². The Hall–Kier alpha value is -3.88. The minimum Gasteiger partial charge on any atom is -0.503 e. The molecule has 1 saturated carbocycles. The molecule has 9 nitrogen and oxygen atoms in total. The van der Waals surface area contributed by atoms with Crippen LogP contribution < -0.4 is 4.90 Å². The molecule has 1 aliphatic heterocycles. The number of aliphatic hydroxyl groups is 1. The molecule has 1 fully saturated rings. The van der Waals surface area contributed by atoms with Gasteiger partial charge in [0, 0.05) is 17.7 Å². The van der Waals surface area contributed by atoms with E-state index in [2.05, 4.69) is 9.97 Å². The standard InChI is InChI=1S/C20H15N3O6/c24-14-8-20(17(25)10-1-2-10,16-6-5-15(29-16)19(27)28)23(18(14)26)11-3-4-12-13(7-11)22-9-21-12/h3-10,24H,1-2H2,(H,21,22)(H,27,28). The van der Waals surface area contributed by atoms with Crippen molar-refractivity contribution in [2.45, 2.75) is 18.4 Å². The first kappa shape index (κ1) is 17.2. The number of imidazole rings is 1. The number of aromatic nitrogens is 2. The summed E-state index contributed by atoms with van der Waals surface area (Å²) in [5, 5.41) is 19.5. The number of aromatic carboxylic acids is 1. The Labute approximate surface area is 163 Å². The number of ketones is 1. The highest BCUT2D eigenvalue weighted by atomic mass is 16.4. The number of nitrogens with zero attached hydrogens (tertiary/aromatic N) is 2. The number of H-pyrrole nitrogens is 1. The van der Waals surface area contributed by atoms with Crippen molar-refractivity contribution in [3.05, 3.63) is 60.0 Å². The molecule has 1 aromatic carbocycles. The van der Waals surface area contributed by atoms with E-state index in [1.165, 1.54) is 18.5 Å². The van der Waals surface area contributed by atoms with Crippen molar-refractivity contribution in [3.8, 4) is 0 Å². The predicted octanol–water partition coefficient (Wildman–Crippen LogP) is 2.52. The molecule has 3 heterocycles. The number of hydrogen-bond donors (Lipinski definition) is 3. The van der Waals surface area contributed by atoms with Gasteiger partial charge in [-0.1, -0.05) is 0 Å². The lowest BCUT2D eigenvalue weighted by Crippen LogP contribution is -2.50. The fourth-order valence-electron chi connectivity index (χ4n) is 3.78. The topological polar surface area (TPSA) is 137 Å². The van der Waals surface area contributed by atoms with Crippen LogP contribution >= 0.6 is 0 Å². The van der Waals surface area contributed by atoms with Gasteiger partial charge in [-0.05, 0) is 43.2 Å². The summed E-state index contributed by atoms with van der Waals surface area (Å²) in [4.78, 5) is 45.9. The number of aromatic amines is 1. The van der Waals surface area contributed by atoms with Crippen molar-refractivity contribution in [3.63, 3.8) is 0 Å². The largest absolute Gasteiger partial charge is 0.503 e. The normalized spacial score (nSPS) is 21.6. The number of furan rings is 1. The van der Waals surface area contributed by atoms with E-state index in [4.69, 9.17) is 4.42 Å². The second kappa shape index (κ2) is 5.81. The Morgan fingerprint density at radius 2 is 2.03 bits per heavy atom. The first-order chi connectivity index (χ1) is 13.9. The van der Waals surface area contributed by atoms with E-state index in [0.717, 1.165) is 16.5 Å². The second-order valence-corrected chi connectivity index (χ2v) is 7.15. The van der Waals surface area contributed by atoms with Gasteiger partial charge in [0.1, 0.15) is 5.76 Å². The Kier molecular flexibility index (Phi) is 3.45. The number of Topliss-reactive ketones (excluding diaryl/α,β-unsaturated/α-hetero) is 1. The maximum absolute atomic E-state index is 13.4. The molecule has 1 unspecified atom stereocenters. The smallest absolute Gasteiger partial charge is 0.371 e. The summed E-state index contributed by atoms with van der Waals surface area (Å²) in [6, 6.07) is 7.53. The molecular formula is C20H15N3O6. The van der Waals surface area contributed by atoms with Crippen molar-refractivity contribution in [1.82, 2.24) is 9.97 Å². The van der Waals surface area contributed by atoms with Crippen molar-refractivity contribution in [2.75, 3.05) is 4.90 Å². The van der Waals surface area contributed by atoms with Crippen molar-refractivity contribution < 1.29 is 29.0 Å². The molecule has 5 rings (SSSR count). The lowest BCUT2D eigenvalue weighted by atomic mass is 9.87. The number of nitrogens with one attached hydrogen (secondary N) is 1. The molecule has 2 aromatic heterocycles. The molecule has 2 aliphatic rings. The Morgan fingerprint density at radius 1 is 1.24 bits per heavy atom. The zero-order valence-electron chi connectivity index (χ0n) is 15.0. The van der Waals surface area contributed by atoms with Crippen LogP contribution in [0.2, 0.25) is 0 Å². The summed E-state index contributed by atoms with van der Waals surface area (Å²) in [5.41, 5.74) is -0.125. The summed E-state index contributed by atoms with van der Waals surface area (Å²) < 4.78 is 5.46. The molecule has 0 bridgehead atoms. The van der Waals surface area contributed by atoms with Crippen LogP contribution in [0.25, 0.3) is 11.0 Å². The maximum atomic E-state index is 13.4. The third kappa shape index (κ3) is 2.40. The first-order valence-electron chi connectivity index (χ1n) is 8.99. The number of aliphatic hydroxyl groups excluding tert-OH is 1. The van der Waals surface area contributed by atoms with Crippen LogP contribution in [0.5, 0.6) is 0 Å². The van der Waals surface area contributed by atoms with Gasteiger partial charge in [0.05, 0.1) is 17.4 Å². The molecule has 1 atom stereocenters. The SMILES string of the molecule is O=C(O)c1ccc(C2(C(=O)C3CC3)C=C(O)C(=O)N2c2ccc3[nH]cnc3c2)o1. The molecule has 3 aromatic rings. The lowest BCUT2D eigenvalue weighted by molar-refractivity contribution is -0.127. The Bertz CT molecular complexity index is 1220. The Morgan fingerprint density at radius 3 is 2.72 bits per heavy atom. The van der Waals surface area contributed by atoms with Crippen molar-refractivity contribution >= 4 is 34.4 Å². The second-order valence-electron chi connectivity index (χ2n) is 7.15. The number of fused-ring (bicyclic) bond motifs is 1. The monoisotopic (exact) mass is 393 g/mol. The predicted molar refractivity (Wildman–Crippen MR) is 99.4 cm³/mol. The molecule has 3 N–H and O–H groups in total. The van der Waals surface area contributed by atoms with Gasteiger partial charge in [-0.2, -0.15) is 0 Å². The van der Waals surface area contributed by atoms with E-state index < -0.39 is 23.2 Å². The minimum absolute atomic E-state index is 0.0358. The molecule has 1 aliphatic carbocycles. The van der Waals surface area contributed by atoms with Crippen LogP contribution in [-0.2, 0) is 15.1 Å². The zero-order chi connectivity index (χ0) is 20.3. The number of hydrogen-bond acceptors (Lipinski definition) is 6. The molecule has 1 amide bonds. The van der Waals surface area contributed by atoms with Gasteiger partial charge in [0.15, 0.2) is 17.1 Å². The van der Waals surface area contributed by atoms with Gasteiger partial charge >= 0.3 is 5.97 Å². The number of anilines is 1. The molecule has 0 spiro atoms. The van der Waals surface area contributed by atoms with E-state index in [1.54, 1.807) is 18.2 Å². The zero-order valence-corrected chi connectivity index (χ0v) is 15.0. The lowest BCUT2D eigenvalue weighted by Gasteiger charge is -2.34. The number of carboxylic acids is 1. The van der Waals surface area contributed by atoms with Crippen LogP contribution in [0.15, 0.2) is 52.9 Å². The number of carboxylic acid groups (broad SMARTS) is 1. The number of carbonyl (C=O) groups excluding carboxylic acids is 2. The number of benzene rings is 1. The van der Waals surface area contributed by atoms with Crippen molar-refractivity contribution in [1.29, 1.82) is 0 Å². The van der Waals surface area contributed by atoms with Crippen LogP contribution in [0.3, 0.4) is 0 Å². The van der Waals surface area contributed by atoms with E-state index >= 15 is 0 Å². The van der Waals surface area contributed by atoms with Gasteiger partial charge in [-0.25, -0.2) is 9.78 Å². The van der Waals surface area contributed by atoms with E-state index in [-0.39, 0.29) is 23.2 Å². The Balaban J connectivity index is 1.74. The van der Waals surface area contributed by atoms with E-state index in [1.807, 2.05) is 0 Å². The summed E-state index contributed by atoms with van der Waals surface area (Å²) >= 11 is 0. The fraction of sp³-hybridized carbons (Fsp3) is 0.200. The van der Waals surface area contributed by atoms with Gasteiger partial charge < -0.3 is 19.6 Å². The van der Waals surface area contributed by atoms with Gasteiger partial charge in [-0.15, -0.1) is 0 Å². The number of rotatable bonds is 5. The molecule has 146 valence electrons. The molecular weight excluding hydrogens is 378 g/mol. The highest BCUT2D eigenvalue weighted by Crippen LogP contribution is 2.47. The van der Waals surface area contributed by atoms with E-state index in [9.17, 15) is 24.6 Å². The average molecular weight is 393 g/mol. The number of carbonyl (C=O) groups is 3. The minimum atomic E-state index is -1.76. The van der Waals surface area contributed by atoms with Crippen LogP contribution in [-0.4, -0.2) is 37.8 Å². The number of amides is 1. The summed E-state index contributed by atoms with van der Waals surface area (Å²) in [7, 11) is 0. The summed E-state index contributed by atoms with van der Waals surface area (Å²) in [5.74, 6) is -3.71. The molecule has 29 heavy (non-hydrogen) atoms. The molecule has 0 radical (unpaired) electrons. The highest BCUT2D eigenvalue weighted by molar-refractivity contribution is 6.16. The van der Waals surface area contributed by atoms with Crippen LogP contribution in [0, 0.1) is 5.92 Å². The van der Waals surface area contributed by atoms with Gasteiger partial charge in [0.25, 0.3) is 5.91 Å². The quantitative estimate of drug-likeness (QED) is 0.606. The van der Waals surface area contributed by atoms with Crippen LogP contribution in [0.1, 0.15) is 29.2 Å². The maximum Gasteiger partial charge on any atom is 0.371 e. The molecule has 9 heteroatoms. The summed E-state index contributed by atoms with van der Waals surface area (Å²) in [6.07, 6.45) is 3.96. The average Bonchev–Trinajstić information content (AvgIpc) is 3.13. The van der Waals surface area contributed by atoms with Crippen molar-refractivity contribution in [2.24, 2.45) is 5.92 Å². The molecule has 0 saturated heterocycles. The van der Waals surface area contributed by atoms with E-state index in [0.29, 0.717) is 24.0 Å². The fourth-order valence-corrected chi connectivity index (χ4v) is 3.78. The van der Waals surface area contributed by atoms with Crippen LogP contribution in [0.4, 0.5) is 5.69 Å². The third-order valence-electron chi connectivity index (χ3n) is 5.30. The highest BCUT2D eigenvalue weighted by Gasteiger charge is 2.58. The first-order valence-corrected chi connectivity index (χ1v) is 8.99.